The average molecular weight is 296 g/mol. The zero-order chi connectivity index (χ0) is 15.2. The van der Waals surface area contributed by atoms with Crippen molar-refractivity contribution in [2.75, 3.05) is 26.7 Å². The van der Waals surface area contributed by atoms with E-state index in [0.717, 1.165) is 51.2 Å². The summed E-state index contributed by atoms with van der Waals surface area (Å²) in [6, 6.07) is 0. The molecule has 1 heterocycles. The summed E-state index contributed by atoms with van der Waals surface area (Å²) in [5, 5.41) is 3.21. The molecule has 1 amide bonds. The molecule has 4 heteroatoms. The van der Waals surface area contributed by atoms with E-state index in [-0.39, 0.29) is 12.0 Å². The molecule has 0 radical (unpaired) electrons. The summed E-state index contributed by atoms with van der Waals surface area (Å²) in [6.45, 7) is 7.14. The fourth-order valence-corrected chi connectivity index (χ4v) is 3.76. The molecule has 1 saturated carbocycles. The van der Waals surface area contributed by atoms with Gasteiger partial charge in [-0.15, -0.1) is 0 Å². The van der Waals surface area contributed by atoms with E-state index >= 15 is 0 Å². The number of hydrogen-bond donors (Lipinski definition) is 1. The zero-order valence-electron chi connectivity index (χ0n) is 13.9. The van der Waals surface area contributed by atoms with Crippen molar-refractivity contribution in [2.24, 2.45) is 11.8 Å². The lowest BCUT2D eigenvalue weighted by atomic mass is 9.88. The van der Waals surface area contributed by atoms with Crippen LogP contribution in [0.4, 0.5) is 0 Å². The Morgan fingerprint density at radius 3 is 2.86 bits per heavy atom. The maximum atomic E-state index is 12.7. The van der Waals surface area contributed by atoms with E-state index in [9.17, 15) is 4.79 Å². The molecule has 2 fully saturated rings. The topological polar surface area (TPSA) is 41.6 Å². The smallest absolute Gasteiger partial charge is 0.251 e. The Kier molecular flexibility index (Phi) is 6.49. The van der Waals surface area contributed by atoms with Crippen LogP contribution in [0.5, 0.6) is 0 Å². The van der Waals surface area contributed by atoms with E-state index in [2.05, 4.69) is 19.2 Å². The van der Waals surface area contributed by atoms with Gasteiger partial charge in [0, 0.05) is 13.1 Å². The van der Waals surface area contributed by atoms with E-state index < -0.39 is 0 Å². The lowest BCUT2D eigenvalue weighted by molar-refractivity contribution is -0.148. The molecule has 0 bridgehead atoms. The Labute approximate surface area is 129 Å². The number of nitrogens with zero attached hydrogens (tertiary/aromatic N) is 1. The van der Waals surface area contributed by atoms with Gasteiger partial charge in [0.15, 0.2) is 0 Å². The second kappa shape index (κ2) is 8.14. The molecular weight excluding hydrogens is 264 g/mol. The Morgan fingerprint density at radius 2 is 2.19 bits per heavy atom. The first kappa shape index (κ1) is 16.8. The minimum atomic E-state index is -0.228. The standard InChI is InChI=1S/C17H32N2O2/c1-4-16(21-15-7-5-6-13(2)10-15)17(20)19-9-8-14(12-19)11-18-3/h13-16,18H,4-12H2,1-3H3. The van der Waals surface area contributed by atoms with Gasteiger partial charge in [0.25, 0.3) is 5.91 Å². The van der Waals surface area contributed by atoms with E-state index in [1.54, 1.807) is 0 Å². The highest BCUT2D eigenvalue weighted by atomic mass is 16.5. The van der Waals surface area contributed by atoms with Crippen LogP contribution in [0.2, 0.25) is 0 Å². The van der Waals surface area contributed by atoms with Crippen LogP contribution in [0, 0.1) is 11.8 Å². The molecule has 0 aromatic rings. The van der Waals surface area contributed by atoms with Gasteiger partial charge in [0.05, 0.1) is 6.10 Å². The van der Waals surface area contributed by atoms with Crippen molar-refractivity contribution in [3.05, 3.63) is 0 Å². The van der Waals surface area contributed by atoms with E-state index in [0.29, 0.717) is 12.0 Å². The van der Waals surface area contributed by atoms with Crippen LogP contribution in [-0.2, 0) is 9.53 Å². The lowest BCUT2D eigenvalue weighted by Gasteiger charge is -2.31. The van der Waals surface area contributed by atoms with Gasteiger partial charge >= 0.3 is 0 Å². The minimum Gasteiger partial charge on any atom is -0.365 e. The third-order valence-electron chi connectivity index (χ3n) is 4.98. The summed E-state index contributed by atoms with van der Waals surface area (Å²) in [5.74, 6) is 1.56. The number of ether oxygens (including phenoxy) is 1. The molecule has 0 spiro atoms. The highest BCUT2D eigenvalue weighted by molar-refractivity contribution is 5.81. The molecule has 4 nitrogen and oxygen atoms in total. The molecule has 2 rings (SSSR count). The minimum absolute atomic E-state index is 0.217. The number of carbonyl (C=O) groups excluding carboxylic acids is 1. The second-order valence-corrected chi connectivity index (χ2v) is 6.92. The van der Waals surface area contributed by atoms with E-state index in [1.807, 2.05) is 11.9 Å². The van der Waals surface area contributed by atoms with Crippen molar-refractivity contribution in [3.63, 3.8) is 0 Å². The van der Waals surface area contributed by atoms with Crippen LogP contribution in [0.3, 0.4) is 0 Å². The second-order valence-electron chi connectivity index (χ2n) is 6.92. The van der Waals surface area contributed by atoms with Gasteiger partial charge in [0.2, 0.25) is 0 Å². The number of rotatable bonds is 6. The van der Waals surface area contributed by atoms with Crippen molar-refractivity contribution in [1.29, 1.82) is 0 Å². The van der Waals surface area contributed by atoms with Gasteiger partial charge < -0.3 is 15.0 Å². The molecule has 21 heavy (non-hydrogen) atoms. The summed E-state index contributed by atoms with van der Waals surface area (Å²) >= 11 is 0. The summed E-state index contributed by atoms with van der Waals surface area (Å²) in [4.78, 5) is 14.7. The third-order valence-corrected chi connectivity index (χ3v) is 4.98. The fourth-order valence-electron chi connectivity index (χ4n) is 3.76. The summed E-state index contributed by atoms with van der Waals surface area (Å²) < 4.78 is 6.17. The molecule has 1 aliphatic carbocycles. The zero-order valence-corrected chi connectivity index (χ0v) is 13.9. The van der Waals surface area contributed by atoms with Gasteiger partial charge in [-0.25, -0.2) is 0 Å². The van der Waals surface area contributed by atoms with Crippen LogP contribution < -0.4 is 5.32 Å². The summed E-state index contributed by atoms with van der Waals surface area (Å²) in [5.41, 5.74) is 0. The van der Waals surface area contributed by atoms with Crippen LogP contribution in [0.1, 0.15) is 52.4 Å². The van der Waals surface area contributed by atoms with Crippen molar-refractivity contribution in [2.45, 2.75) is 64.6 Å². The first-order valence-electron chi connectivity index (χ1n) is 8.72. The van der Waals surface area contributed by atoms with E-state index in [4.69, 9.17) is 4.74 Å². The van der Waals surface area contributed by atoms with Crippen molar-refractivity contribution in [3.8, 4) is 0 Å². The average Bonchev–Trinajstić information content (AvgIpc) is 2.93. The Balaban J connectivity index is 1.84. The van der Waals surface area contributed by atoms with Crippen LogP contribution in [-0.4, -0.2) is 49.7 Å². The Hall–Kier alpha value is -0.610. The molecule has 1 aliphatic heterocycles. The highest BCUT2D eigenvalue weighted by Crippen LogP contribution is 2.27. The largest absolute Gasteiger partial charge is 0.365 e. The van der Waals surface area contributed by atoms with Crippen molar-refractivity contribution >= 4 is 5.91 Å². The highest BCUT2D eigenvalue weighted by Gasteiger charge is 2.32. The normalized spacial score (nSPS) is 31.4. The Bertz CT molecular complexity index is 335. The fraction of sp³-hybridized carbons (Fsp3) is 0.941. The molecule has 0 aromatic carbocycles. The summed E-state index contributed by atoms with van der Waals surface area (Å²) in [7, 11) is 1.98. The van der Waals surface area contributed by atoms with Gasteiger partial charge in [0.1, 0.15) is 6.10 Å². The molecule has 4 atom stereocenters. The first-order valence-corrected chi connectivity index (χ1v) is 8.72. The van der Waals surface area contributed by atoms with Crippen molar-refractivity contribution < 1.29 is 9.53 Å². The van der Waals surface area contributed by atoms with Crippen LogP contribution in [0.15, 0.2) is 0 Å². The SMILES string of the molecule is CCC(OC1CCCC(C)C1)C(=O)N1CCC(CNC)C1. The number of amides is 1. The molecule has 0 aromatic heterocycles. The monoisotopic (exact) mass is 296 g/mol. The first-order chi connectivity index (χ1) is 10.1. The predicted octanol–water partition coefficient (Wildman–Crippen LogP) is 2.43. The van der Waals surface area contributed by atoms with E-state index in [1.165, 1.54) is 12.8 Å². The number of carbonyl (C=O) groups is 1. The quantitative estimate of drug-likeness (QED) is 0.818. The molecule has 122 valence electrons. The molecule has 2 aliphatic rings. The maximum absolute atomic E-state index is 12.7. The molecule has 1 saturated heterocycles. The Morgan fingerprint density at radius 1 is 1.38 bits per heavy atom. The van der Waals surface area contributed by atoms with Gasteiger partial charge in [-0.3, -0.25) is 4.79 Å². The third kappa shape index (κ3) is 4.68. The lowest BCUT2D eigenvalue weighted by Crippen LogP contribution is -2.41. The van der Waals surface area contributed by atoms with Crippen LogP contribution >= 0.6 is 0 Å². The summed E-state index contributed by atoms with van der Waals surface area (Å²) in [6.07, 6.45) is 6.75. The van der Waals surface area contributed by atoms with Gasteiger partial charge in [-0.1, -0.05) is 26.7 Å². The van der Waals surface area contributed by atoms with Crippen LogP contribution in [0.25, 0.3) is 0 Å². The molecular formula is C17H32N2O2. The number of hydrogen-bond acceptors (Lipinski definition) is 3. The van der Waals surface area contributed by atoms with Gasteiger partial charge in [-0.2, -0.15) is 0 Å². The van der Waals surface area contributed by atoms with Crippen molar-refractivity contribution in [1.82, 2.24) is 10.2 Å². The predicted molar refractivity (Wildman–Crippen MR) is 85.2 cm³/mol. The maximum Gasteiger partial charge on any atom is 0.251 e. The molecule has 4 unspecified atom stereocenters. The van der Waals surface area contributed by atoms with Gasteiger partial charge in [-0.05, 0) is 51.1 Å². The number of likely N-dealkylation sites (tertiary alicyclic amines) is 1. The number of nitrogens with one attached hydrogen (secondary N) is 1. The molecule has 1 N–H and O–H groups in total.